The van der Waals surface area contributed by atoms with E-state index in [0.717, 1.165) is 23.5 Å². The first-order valence-electron chi connectivity index (χ1n) is 6.89. The minimum absolute atomic E-state index is 1.07. The van der Waals surface area contributed by atoms with Crippen LogP contribution in [0.4, 0.5) is 0 Å². The van der Waals surface area contributed by atoms with Crippen LogP contribution in [0.5, 0.6) is 0 Å². The standard InChI is InChI=1S/C16H15N3S/c1-10-19-14-4-2-3-11-5-6-12(15-8-17-9-18-15)7-13(11)16(14)20-10/h5-9H,2-4H2,1H3,(H,17,18). The number of rotatable bonds is 1. The molecule has 0 bridgehead atoms. The Labute approximate surface area is 121 Å². The van der Waals surface area contributed by atoms with Gasteiger partial charge in [-0.05, 0) is 43.4 Å². The Morgan fingerprint density at radius 3 is 3.05 bits per heavy atom. The van der Waals surface area contributed by atoms with Crippen molar-refractivity contribution >= 4 is 11.3 Å². The van der Waals surface area contributed by atoms with Crippen LogP contribution in [0, 0.1) is 6.92 Å². The second-order valence-electron chi connectivity index (χ2n) is 5.20. The summed E-state index contributed by atoms with van der Waals surface area (Å²) in [5.74, 6) is 0. The zero-order valence-electron chi connectivity index (χ0n) is 11.3. The van der Waals surface area contributed by atoms with E-state index in [1.807, 2.05) is 17.5 Å². The van der Waals surface area contributed by atoms with Crippen molar-refractivity contribution in [2.24, 2.45) is 0 Å². The number of hydrogen-bond acceptors (Lipinski definition) is 3. The molecule has 0 radical (unpaired) electrons. The molecule has 0 saturated carbocycles. The number of imidazole rings is 1. The molecule has 20 heavy (non-hydrogen) atoms. The van der Waals surface area contributed by atoms with Crippen molar-refractivity contribution in [2.45, 2.75) is 26.2 Å². The van der Waals surface area contributed by atoms with Crippen molar-refractivity contribution in [1.82, 2.24) is 15.0 Å². The van der Waals surface area contributed by atoms with E-state index in [1.54, 1.807) is 6.33 Å². The molecule has 1 aliphatic carbocycles. The number of aromatic nitrogens is 3. The van der Waals surface area contributed by atoms with Gasteiger partial charge in [-0.1, -0.05) is 12.1 Å². The number of benzene rings is 1. The molecule has 1 aromatic carbocycles. The predicted molar refractivity (Wildman–Crippen MR) is 81.9 cm³/mol. The molecule has 0 fully saturated rings. The second-order valence-corrected chi connectivity index (χ2v) is 6.40. The lowest BCUT2D eigenvalue weighted by Crippen LogP contribution is -1.88. The van der Waals surface area contributed by atoms with Crippen LogP contribution in [0.25, 0.3) is 21.7 Å². The molecular formula is C16H15N3S. The van der Waals surface area contributed by atoms with Gasteiger partial charge in [0.05, 0.1) is 33.8 Å². The van der Waals surface area contributed by atoms with Gasteiger partial charge in [-0.2, -0.15) is 0 Å². The predicted octanol–water partition coefficient (Wildman–Crippen LogP) is 4.00. The molecule has 4 heteroatoms. The number of fused-ring (bicyclic) bond motifs is 3. The molecule has 0 unspecified atom stereocenters. The SMILES string of the molecule is Cc1nc2c(s1)-c1cc(-c3cnc[nH]3)ccc1CCC2. The van der Waals surface area contributed by atoms with Crippen LogP contribution >= 0.6 is 11.3 Å². The van der Waals surface area contributed by atoms with Crippen molar-refractivity contribution in [3.8, 4) is 21.7 Å². The van der Waals surface area contributed by atoms with E-state index in [4.69, 9.17) is 4.98 Å². The van der Waals surface area contributed by atoms with Crippen LogP contribution in [-0.4, -0.2) is 15.0 Å². The molecule has 0 amide bonds. The maximum atomic E-state index is 4.70. The third-order valence-electron chi connectivity index (χ3n) is 3.83. The summed E-state index contributed by atoms with van der Waals surface area (Å²) in [5.41, 5.74) is 6.33. The number of aryl methyl sites for hydroxylation is 3. The maximum absolute atomic E-state index is 4.70. The van der Waals surface area contributed by atoms with Gasteiger partial charge in [0.25, 0.3) is 0 Å². The van der Waals surface area contributed by atoms with Crippen molar-refractivity contribution < 1.29 is 0 Å². The number of aromatic amines is 1. The minimum atomic E-state index is 1.07. The molecule has 2 heterocycles. The zero-order chi connectivity index (χ0) is 13.5. The summed E-state index contributed by atoms with van der Waals surface area (Å²) >= 11 is 1.82. The molecule has 1 N–H and O–H groups in total. The fourth-order valence-electron chi connectivity index (χ4n) is 2.88. The lowest BCUT2D eigenvalue weighted by Gasteiger charge is -2.08. The van der Waals surface area contributed by atoms with Crippen LogP contribution < -0.4 is 0 Å². The summed E-state index contributed by atoms with van der Waals surface area (Å²) in [6.45, 7) is 2.09. The van der Waals surface area contributed by atoms with Crippen molar-refractivity contribution in [3.63, 3.8) is 0 Å². The van der Waals surface area contributed by atoms with Crippen molar-refractivity contribution in [3.05, 3.63) is 47.0 Å². The van der Waals surface area contributed by atoms with Gasteiger partial charge in [0, 0.05) is 5.56 Å². The molecule has 0 saturated heterocycles. The van der Waals surface area contributed by atoms with E-state index in [1.165, 1.54) is 33.7 Å². The lowest BCUT2D eigenvalue weighted by atomic mass is 10.00. The Morgan fingerprint density at radius 2 is 2.20 bits per heavy atom. The van der Waals surface area contributed by atoms with E-state index in [9.17, 15) is 0 Å². The summed E-state index contributed by atoms with van der Waals surface area (Å²) in [7, 11) is 0. The van der Waals surface area contributed by atoms with E-state index in [-0.39, 0.29) is 0 Å². The van der Waals surface area contributed by atoms with Gasteiger partial charge in [0.15, 0.2) is 0 Å². The van der Waals surface area contributed by atoms with E-state index < -0.39 is 0 Å². The molecule has 4 rings (SSSR count). The Balaban J connectivity index is 1.92. The van der Waals surface area contributed by atoms with E-state index in [2.05, 4.69) is 35.1 Å². The Bertz CT molecular complexity index is 756. The first-order chi connectivity index (χ1) is 9.81. The summed E-state index contributed by atoms with van der Waals surface area (Å²) in [4.78, 5) is 13.4. The fourth-order valence-corrected chi connectivity index (χ4v) is 3.90. The van der Waals surface area contributed by atoms with Crippen molar-refractivity contribution in [1.29, 1.82) is 0 Å². The van der Waals surface area contributed by atoms with Crippen LogP contribution in [-0.2, 0) is 12.8 Å². The van der Waals surface area contributed by atoms with Gasteiger partial charge in [0.1, 0.15) is 0 Å². The Kier molecular flexibility index (Phi) is 2.70. The van der Waals surface area contributed by atoms with Gasteiger partial charge >= 0.3 is 0 Å². The lowest BCUT2D eigenvalue weighted by molar-refractivity contribution is 0.815. The van der Waals surface area contributed by atoms with Crippen LogP contribution in [0.3, 0.4) is 0 Å². The van der Waals surface area contributed by atoms with Gasteiger partial charge in [-0.3, -0.25) is 0 Å². The molecule has 1 aliphatic rings. The maximum Gasteiger partial charge on any atom is 0.0924 e. The Morgan fingerprint density at radius 1 is 1.25 bits per heavy atom. The summed E-state index contributed by atoms with van der Waals surface area (Å²) in [6.07, 6.45) is 7.02. The van der Waals surface area contributed by atoms with Gasteiger partial charge in [0.2, 0.25) is 0 Å². The first kappa shape index (κ1) is 11.9. The summed E-state index contributed by atoms with van der Waals surface area (Å²) in [6, 6.07) is 6.73. The second kappa shape index (κ2) is 4.56. The van der Waals surface area contributed by atoms with E-state index in [0.29, 0.717) is 0 Å². The molecular weight excluding hydrogens is 266 g/mol. The third kappa shape index (κ3) is 1.88. The molecule has 0 atom stereocenters. The topological polar surface area (TPSA) is 41.6 Å². The zero-order valence-corrected chi connectivity index (χ0v) is 12.1. The number of H-pyrrole nitrogens is 1. The highest BCUT2D eigenvalue weighted by molar-refractivity contribution is 7.15. The molecule has 0 aliphatic heterocycles. The normalized spacial score (nSPS) is 13.7. The minimum Gasteiger partial charge on any atom is -0.345 e. The quantitative estimate of drug-likeness (QED) is 0.732. The fraction of sp³-hybridized carbons (Fsp3) is 0.250. The largest absolute Gasteiger partial charge is 0.345 e. The van der Waals surface area contributed by atoms with Crippen LogP contribution in [0.15, 0.2) is 30.7 Å². The molecule has 100 valence electrons. The number of hydrogen-bond donors (Lipinski definition) is 1. The highest BCUT2D eigenvalue weighted by Crippen LogP contribution is 2.38. The highest BCUT2D eigenvalue weighted by Gasteiger charge is 2.18. The molecule has 2 aromatic heterocycles. The smallest absolute Gasteiger partial charge is 0.0924 e. The van der Waals surface area contributed by atoms with E-state index >= 15 is 0 Å². The van der Waals surface area contributed by atoms with Crippen LogP contribution in [0.2, 0.25) is 0 Å². The molecule has 3 aromatic rings. The van der Waals surface area contributed by atoms with Crippen molar-refractivity contribution in [2.75, 3.05) is 0 Å². The number of nitrogens with zero attached hydrogens (tertiary/aromatic N) is 2. The first-order valence-corrected chi connectivity index (χ1v) is 7.71. The average molecular weight is 281 g/mol. The summed E-state index contributed by atoms with van der Waals surface area (Å²) < 4.78 is 0. The summed E-state index contributed by atoms with van der Waals surface area (Å²) in [5, 5.41) is 1.16. The molecule has 3 nitrogen and oxygen atoms in total. The third-order valence-corrected chi connectivity index (χ3v) is 4.87. The van der Waals surface area contributed by atoms with Crippen LogP contribution in [0.1, 0.15) is 22.7 Å². The van der Waals surface area contributed by atoms with Gasteiger partial charge in [-0.25, -0.2) is 9.97 Å². The Hall–Kier alpha value is -1.94. The monoisotopic (exact) mass is 281 g/mol. The van der Waals surface area contributed by atoms with Gasteiger partial charge in [-0.15, -0.1) is 11.3 Å². The highest BCUT2D eigenvalue weighted by atomic mass is 32.1. The van der Waals surface area contributed by atoms with Gasteiger partial charge < -0.3 is 4.98 Å². The number of thiazole rings is 1. The average Bonchev–Trinajstić information content (AvgIpc) is 3.06. The number of nitrogens with one attached hydrogen (secondary N) is 1. The molecule has 0 spiro atoms.